The predicted molar refractivity (Wildman–Crippen MR) is 110 cm³/mol. The lowest BCUT2D eigenvalue weighted by atomic mass is 10.1. The molecule has 0 aromatic heterocycles. The Kier molecular flexibility index (Phi) is 6.02. The van der Waals surface area contributed by atoms with Gasteiger partial charge in [-0.3, -0.25) is 9.59 Å². The second-order valence-corrected chi connectivity index (χ2v) is 7.80. The number of fused-ring (bicyclic) bond motifs is 1. The monoisotopic (exact) mass is 380 g/mol. The molecule has 3 rings (SSSR count). The van der Waals surface area contributed by atoms with Crippen molar-refractivity contribution in [2.24, 2.45) is 5.92 Å². The van der Waals surface area contributed by atoms with E-state index in [9.17, 15) is 9.59 Å². The molecule has 0 spiro atoms. The Labute approximate surface area is 166 Å². The third-order valence-corrected chi connectivity index (χ3v) is 4.87. The molecule has 0 bridgehead atoms. The zero-order chi connectivity index (χ0) is 20.3. The van der Waals surface area contributed by atoms with E-state index in [-0.39, 0.29) is 11.8 Å². The van der Waals surface area contributed by atoms with Crippen molar-refractivity contribution in [3.63, 3.8) is 0 Å². The van der Waals surface area contributed by atoms with Crippen LogP contribution in [0.15, 0.2) is 42.5 Å². The molecule has 1 atom stereocenters. The average molecular weight is 380 g/mol. The number of carbonyl (C=O) groups excluding carboxylic acids is 2. The molecular formula is C23H28N2O3. The lowest BCUT2D eigenvalue weighted by molar-refractivity contribution is -0.126. The Hall–Kier alpha value is -2.82. The molecule has 1 heterocycles. The van der Waals surface area contributed by atoms with Crippen LogP contribution in [0.25, 0.3) is 0 Å². The maximum absolute atomic E-state index is 13.0. The molecule has 0 saturated carbocycles. The summed E-state index contributed by atoms with van der Waals surface area (Å²) in [6.45, 7) is 8.92. The molecule has 1 aliphatic rings. The molecule has 5 heteroatoms. The summed E-state index contributed by atoms with van der Waals surface area (Å²) in [5, 5.41) is 2.78. The molecule has 2 amide bonds. The number of nitrogens with zero attached hydrogens (tertiary/aromatic N) is 1. The number of nitrogens with one attached hydrogen (secondary N) is 1. The van der Waals surface area contributed by atoms with Crippen LogP contribution in [0, 0.1) is 12.8 Å². The number of hydrogen-bond acceptors (Lipinski definition) is 3. The van der Waals surface area contributed by atoms with E-state index in [0.717, 1.165) is 34.5 Å². The van der Waals surface area contributed by atoms with Gasteiger partial charge in [0.05, 0.1) is 13.2 Å². The van der Waals surface area contributed by atoms with Crippen molar-refractivity contribution >= 4 is 17.5 Å². The number of rotatable bonds is 7. The zero-order valence-electron chi connectivity index (χ0n) is 17.0. The number of ether oxygens (including phenoxy) is 1. The molecule has 0 radical (unpaired) electrons. The van der Waals surface area contributed by atoms with Gasteiger partial charge >= 0.3 is 0 Å². The number of hydrogen-bond donors (Lipinski definition) is 1. The zero-order valence-corrected chi connectivity index (χ0v) is 17.0. The minimum Gasteiger partial charge on any atom is -0.494 e. The minimum atomic E-state index is -0.619. The topological polar surface area (TPSA) is 58.6 Å². The highest BCUT2D eigenvalue weighted by molar-refractivity contribution is 6.06. The first kappa shape index (κ1) is 19.9. The van der Waals surface area contributed by atoms with Crippen molar-refractivity contribution in [1.29, 1.82) is 0 Å². The third-order valence-electron chi connectivity index (χ3n) is 4.87. The van der Waals surface area contributed by atoms with Crippen molar-refractivity contribution in [2.45, 2.75) is 46.7 Å². The van der Waals surface area contributed by atoms with Crippen LogP contribution in [-0.2, 0) is 16.1 Å². The van der Waals surface area contributed by atoms with Crippen LogP contribution in [0.1, 0.15) is 49.9 Å². The number of anilines is 1. The van der Waals surface area contributed by atoms with Gasteiger partial charge < -0.3 is 15.0 Å². The summed E-state index contributed by atoms with van der Waals surface area (Å²) < 4.78 is 5.77. The Morgan fingerprint density at radius 1 is 1.18 bits per heavy atom. The van der Waals surface area contributed by atoms with Crippen molar-refractivity contribution in [3.8, 4) is 5.75 Å². The van der Waals surface area contributed by atoms with Crippen LogP contribution < -0.4 is 15.0 Å². The van der Waals surface area contributed by atoms with Gasteiger partial charge in [0, 0.05) is 18.2 Å². The second kappa shape index (κ2) is 8.46. The molecule has 0 unspecified atom stereocenters. The smallest absolute Gasteiger partial charge is 0.254 e. The summed E-state index contributed by atoms with van der Waals surface area (Å²) in [4.78, 5) is 26.3. The third kappa shape index (κ3) is 4.53. The standard InChI is InChI=1S/C23H28N2O3/c1-15(2)11-12-28-19-8-6-18(7-9-19)14-25-21-10-5-16(3)13-20(21)22(23(25)27)24-17(4)26/h5-10,13,15,22H,11-12,14H2,1-4H3,(H,24,26)/t22-/m0/s1. The van der Waals surface area contributed by atoms with Crippen molar-refractivity contribution < 1.29 is 14.3 Å². The first-order valence-corrected chi connectivity index (χ1v) is 9.76. The predicted octanol–water partition coefficient (Wildman–Crippen LogP) is 4.14. The lowest BCUT2D eigenvalue weighted by Crippen LogP contribution is -2.36. The molecule has 1 aliphatic heterocycles. The van der Waals surface area contributed by atoms with E-state index in [1.54, 1.807) is 4.90 Å². The fourth-order valence-electron chi connectivity index (χ4n) is 3.35. The average Bonchev–Trinajstić information content (AvgIpc) is 2.87. The van der Waals surface area contributed by atoms with Gasteiger partial charge in [0.2, 0.25) is 5.91 Å². The highest BCUT2D eigenvalue weighted by Gasteiger charge is 2.37. The van der Waals surface area contributed by atoms with Gasteiger partial charge in [-0.25, -0.2) is 0 Å². The summed E-state index contributed by atoms with van der Waals surface area (Å²) in [5.74, 6) is 1.13. The van der Waals surface area contributed by atoms with E-state index in [4.69, 9.17) is 4.74 Å². The van der Waals surface area contributed by atoms with E-state index in [2.05, 4.69) is 19.2 Å². The Morgan fingerprint density at radius 3 is 2.54 bits per heavy atom. The first-order chi connectivity index (χ1) is 13.3. The molecule has 5 nitrogen and oxygen atoms in total. The molecule has 148 valence electrons. The maximum Gasteiger partial charge on any atom is 0.254 e. The summed E-state index contributed by atoms with van der Waals surface area (Å²) >= 11 is 0. The highest BCUT2D eigenvalue weighted by atomic mass is 16.5. The number of aryl methyl sites for hydroxylation is 1. The Bertz CT molecular complexity index is 859. The van der Waals surface area contributed by atoms with Crippen LogP contribution in [-0.4, -0.2) is 18.4 Å². The second-order valence-electron chi connectivity index (χ2n) is 7.80. The molecule has 2 aromatic carbocycles. The fraction of sp³-hybridized carbons (Fsp3) is 0.391. The van der Waals surface area contributed by atoms with Crippen LogP contribution >= 0.6 is 0 Å². The molecule has 0 saturated heterocycles. The summed E-state index contributed by atoms with van der Waals surface area (Å²) in [6.07, 6.45) is 1.02. The fourth-order valence-corrected chi connectivity index (χ4v) is 3.35. The van der Waals surface area contributed by atoms with Gasteiger partial charge in [-0.2, -0.15) is 0 Å². The molecule has 0 fully saturated rings. The SMILES string of the molecule is CC(=O)N[C@@H]1C(=O)N(Cc2ccc(OCCC(C)C)cc2)c2ccc(C)cc21. The number of benzene rings is 2. The summed E-state index contributed by atoms with van der Waals surface area (Å²) in [6, 6.07) is 13.1. The van der Waals surface area contributed by atoms with Gasteiger partial charge in [0.25, 0.3) is 5.91 Å². The van der Waals surface area contributed by atoms with Gasteiger partial charge in [-0.15, -0.1) is 0 Å². The van der Waals surface area contributed by atoms with E-state index in [1.807, 2.05) is 49.4 Å². The first-order valence-electron chi connectivity index (χ1n) is 9.76. The summed E-state index contributed by atoms with van der Waals surface area (Å²) in [7, 11) is 0. The quantitative estimate of drug-likeness (QED) is 0.785. The van der Waals surface area contributed by atoms with Crippen molar-refractivity contribution in [1.82, 2.24) is 5.32 Å². The molecule has 0 aliphatic carbocycles. The molecular weight excluding hydrogens is 352 g/mol. The van der Waals surface area contributed by atoms with Gasteiger partial charge in [-0.05, 0) is 43.0 Å². The van der Waals surface area contributed by atoms with E-state index >= 15 is 0 Å². The summed E-state index contributed by atoms with van der Waals surface area (Å²) in [5.41, 5.74) is 3.78. The van der Waals surface area contributed by atoms with E-state index in [0.29, 0.717) is 19.1 Å². The lowest BCUT2D eigenvalue weighted by Gasteiger charge is -2.18. The molecule has 2 aromatic rings. The highest BCUT2D eigenvalue weighted by Crippen LogP contribution is 2.37. The van der Waals surface area contributed by atoms with E-state index < -0.39 is 6.04 Å². The van der Waals surface area contributed by atoms with Gasteiger partial charge in [-0.1, -0.05) is 43.7 Å². The van der Waals surface area contributed by atoms with Gasteiger partial charge in [0.1, 0.15) is 11.8 Å². The minimum absolute atomic E-state index is 0.104. The van der Waals surface area contributed by atoms with Crippen LogP contribution in [0.3, 0.4) is 0 Å². The van der Waals surface area contributed by atoms with Crippen LogP contribution in [0.4, 0.5) is 5.69 Å². The normalized spacial score (nSPS) is 15.7. The van der Waals surface area contributed by atoms with Crippen LogP contribution in [0.5, 0.6) is 5.75 Å². The Balaban J connectivity index is 1.75. The van der Waals surface area contributed by atoms with E-state index in [1.165, 1.54) is 6.92 Å². The van der Waals surface area contributed by atoms with Crippen LogP contribution in [0.2, 0.25) is 0 Å². The molecule has 28 heavy (non-hydrogen) atoms. The maximum atomic E-state index is 13.0. The molecule has 1 N–H and O–H groups in total. The van der Waals surface area contributed by atoms with Crippen molar-refractivity contribution in [2.75, 3.05) is 11.5 Å². The van der Waals surface area contributed by atoms with Crippen molar-refractivity contribution in [3.05, 3.63) is 59.2 Å². The van der Waals surface area contributed by atoms with Gasteiger partial charge in [0.15, 0.2) is 0 Å². The largest absolute Gasteiger partial charge is 0.494 e. The number of amides is 2. The Morgan fingerprint density at radius 2 is 1.89 bits per heavy atom. The number of carbonyl (C=O) groups is 2.